The van der Waals surface area contributed by atoms with Crippen LogP contribution < -0.4 is 4.72 Å². The van der Waals surface area contributed by atoms with Crippen LogP contribution in [0.1, 0.15) is 30.4 Å². The number of nitrogens with one attached hydrogen (secondary N) is 1. The molecule has 0 spiro atoms. The van der Waals surface area contributed by atoms with Gasteiger partial charge in [0.1, 0.15) is 0 Å². The molecule has 1 N–H and O–H groups in total. The fraction of sp³-hybridized carbons (Fsp3) is 0.533. The molecule has 5 nitrogen and oxygen atoms in total. The van der Waals surface area contributed by atoms with Gasteiger partial charge in [0.05, 0.1) is 18.3 Å². The molecule has 0 heterocycles. The molecule has 2 atom stereocenters. The Kier molecular flexibility index (Phi) is 5.00. The van der Waals surface area contributed by atoms with E-state index < -0.39 is 27.2 Å². The molecule has 1 aliphatic carbocycles. The van der Waals surface area contributed by atoms with Crippen molar-refractivity contribution in [1.82, 2.24) is 4.72 Å². The minimum Gasteiger partial charge on any atom is -0.469 e. The fourth-order valence-electron chi connectivity index (χ4n) is 2.83. The van der Waals surface area contributed by atoms with E-state index in [4.69, 9.17) is 4.74 Å². The first-order valence-corrected chi connectivity index (χ1v) is 8.60. The lowest BCUT2D eigenvalue weighted by molar-refractivity contribution is -0.145. The number of esters is 1. The van der Waals surface area contributed by atoms with Gasteiger partial charge in [-0.1, -0.05) is 36.2 Å². The summed E-state index contributed by atoms with van der Waals surface area (Å²) in [6.45, 7) is 2.21. The van der Waals surface area contributed by atoms with E-state index in [1.807, 2.05) is 31.2 Å². The van der Waals surface area contributed by atoms with Crippen molar-refractivity contribution in [2.24, 2.45) is 5.92 Å². The summed E-state index contributed by atoms with van der Waals surface area (Å²) in [6.07, 6.45) is 1.81. The van der Waals surface area contributed by atoms with E-state index in [1.165, 1.54) is 7.11 Å². The van der Waals surface area contributed by atoms with Crippen LogP contribution in [0.5, 0.6) is 0 Å². The van der Waals surface area contributed by atoms with Crippen molar-refractivity contribution in [3.63, 3.8) is 0 Å². The average Bonchev–Trinajstić information content (AvgIpc) is 2.95. The molecule has 6 heteroatoms. The van der Waals surface area contributed by atoms with E-state index in [-0.39, 0.29) is 6.54 Å². The van der Waals surface area contributed by atoms with Crippen LogP contribution in [0.3, 0.4) is 0 Å². The van der Waals surface area contributed by atoms with E-state index in [1.54, 1.807) is 0 Å². The monoisotopic (exact) mass is 311 g/mol. The summed E-state index contributed by atoms with van der Waals surface area (Å²) in [6, 6.07) is 7.67. The number of ether oxygens (including phenoxy) is 1. The highest BCUT2D eigenvalue weighted by atomic mass is 32.2. The number of aryl methyl sites for hydroxylation is 1. The second-order valence-corrected chi connectivity index (χ2v) is 7.44. The predicted molar refractivity (Wildman–Crippen MR) is 80.1 cm³/mol. The van der Waals surface area contributed by atoms with Crippen LogP contribution in [0.4, 0.5) is 0 Å². The summed E-state index contributed by atoms with van der Waals surface area (Å²) in [5.41, 5.74) is 1.99. The zero-order chi connectivity index (χ0) is 15.5. The molecule has 1 aromatic rings. The van der Waals surface area contributed by atoms with E-state index in [2.05, 4.69) is 4.72 Å². The Bertz CT molecular complexity index is 612. The largest absolute Gasteiger partial charge is 0.469 e. The van der Waals surface area contributed by atoms with Crippen molar-refractivity contribution in [2.45, 2.75) is 38.0 Å². The number of sulfonamides is 1. The topological polar surface area (TPSA) is 72.5 Å². The van der Waals surface area contributed by atoms with Gasteiger partial charge >= 0.3 is 5.97 Å². The molecule has 1 aromatic carbocycles. The van der Waals surface area contributed by atoms with Gasteiger partial charge in [0.25, 0.3) is 0 Å². The van der Waals surface area contributed by atoms with Gasteiger partial charge in [-0.05, 0) is 25.3 Å². The van der Waals surface area contributed by atoms with Gasteiger partial charge in [-0.15, -0.1) is 0 Å². The maximum absolute atomic E-state index is 12.4. The van der Waals surface area contributed by atoms with E-state index >= 15 is 0 Å². The molecule has 2 unspecified atom stereocenters. The molecule has 21 heavy (non-hydrogen) atoms. The van der Waals surface area contributed by atoms with Crippen molar-refractivity contribution in [1.29, 1.82) is 0 Å². The number of rotatable bonds is 5. The average molecular weight is 311 g/mol. The number of hydrogen-bond acceptors (Lipinski definition) is 4. The van der Waals surface area contributed by atoms with Crippen LogP contribution in [0.25, 0.3) is 0 Å². The van der Waals surface area contributed by atoms with Crippen molar-refractivity contribution < 1.29 is 17.9 Å². The molecule has 0 aromatic heterocycles. The summed E-state index contributed by atoms with van der Waals surface area (Å²) >= 11 is 0. The quantitative estimate of drug-likeness (QED) is 0.841. The van der Waals surface area contributed by atoms with Gasteiger partial charge in [0, 0.05) is 6.54 Å². The van der Waals surface area contributed by atoms with E-state index in [0.717, 1.165) is 17.5 Å². The molecule has 0 saturated heterocycles. The number of benzene rings is 1. The highest BCUT2D eigenvalue weighted by Gasteiger charge is 2.41. The van der Waals surface area contributed by atoms with Crippen LogP contribution in [0, 0.1) is 12.8 Å². The molecular weight excluding hydrogens is 290 g/mol. The highest BCUT2D eigenvalue weighted by Crippen LogP contribution is 2.31. The minimum atomic E-state index is -3.53. The van der Waals surface area contributed by atoms with Crippen LogP contribution in [0.15, 0.2) is 24.3 Å². The molecule has 0 bridgehead atoms. The molecule has 0 aliphatic heterocycles. The van der Waals surface area contributed by atoms with Crippen molar-refractivity contribution in [2.75, 3.05) is 7.11 Å². The Labute approximate surface area is 125 Å². The Morgan fingerprint density at radius 1 is 1.38 bits per heavy atom. The molecule has 116 valence electrons. The van der Waals surface area contributed by atoms with E-state index in [9.17, 15) is 13.2 Å². The minimum absolute atomic E-state index is 0.244. The van der Waals surface area contributed by atoms with Crippen molar-refractivity contribution in [3.05, 3.63) is 35.4 Å². The van der Waals surface area contributed by atoms with Crippen molar-refractivity contribution in [3.8, 4) is 0 Å². The highest BCUT2D eigenvalue weighted by molar-refractivity contribution is 7.90. The maximum Gasteiger partial charge on any atom is 0.310 e. The third kappa shape index (κ3) is 3.83. The fourth-order valence-corrected chi connectivity index (χ4v) is 4.57. The molecule has 1 aliphatic rings. The standard InChI is InChI=1S/C15H21NO4S/c1-11-5-3-6-12(9-11)10-16-21(18,19)14-8-4-7-13(14)15(17)20-2/h3,5-6,9,13-14,16H,4,7-8,10H2,1-2H3. The third-order valence-corrected chi connectivity index (χ3v) is 5.82. The van der Waals surface area contributed by atoms with Gasteiger partial charge in [-0.3, -0.25) is 4.79 Å². The zero-order valence-electron chi connectivity index (χ0n) is 12.3. The van der Waals surface area contributed by atoms with Crippen LogP contribution in [-0.2, 0) is 26.1 Å². The Hall–Kier alpha value is -1.40. The third-order valence-electron chi connectivity index (χ3n) is 3.92. The summed E-state index contributed by atoms with van der Waals surface area (Å²) in [5.74, 6) is -0.983. The summed E-state index contributed by atoms with van der Waals surface area (Å²) in [4.78, 5) is 11.7. The smallest absolute Gasteiger partial charge is 0.310 e. The summed E-state index contributed by atoms with van der Waals surface area (Å²) < 4.78 is 32.1. The molecular formula is C15H21NO4S. The SMILES string of the molecule is COC(=O)C1CCCC1S(=O)(=O)NCc1cccc(C)c1. The Morgan fingerprint density at radius 3 is 2.81 bits per heavy atom. The predicted octanol–water partition coefficient (Wildman–Crippen LogP) is 1.76. The second-order valence-electron chi connectivity index (χ2n) is 5.45. The maximum atomic E-state index is 12.4. The normalized spacial score (nSPS) is 22.2. The lowest BCUT2D eigenvalue weighted by Gasteiger charge is -2.18. The second kappa shape index (κ2) is 6.58. The molecule has 2 rings (SSSR count). The number of methoxy groups -OCH3 is 1. The lowest BCUT2D eigenvalue weighted by Crippen LogP contribution is -2.39. The Balaban J connectivity index is 2.06. The first-order valence-electron chi connectivity index (χ1n) is 7.06. The number of hydrogen-bond donors (Lipinski definition) is 1. The van der Waals surface area contributed by atoms with Gasteiger partial charge in [0.15, 0.2) is 0 Å². The number of carbonyl (C=O) groups excluding carboxylic acids is 1. The summed E-state index contributed by atoms with van der Waals surface area (Å²) in [7, 11) is -2.23. The number of carbonyl (C=O) groups is 1. The molecule has 1 fully saturated rings. The van der Waals surface area contributed by atoms with Gasteiger partial charge in [-0.25, -0.2) is 13.1 Å². The molecule has 1 saturated carbocycles. The van der Waals surface area contributed by atoms with Crippen LogP contribution in [0.2, 0.25) is 0 Å². The molecule has 0 radical (unpaired) electrons. The first kappa shape index (κ1) is 16.0. The van der Waals surface area contributed by atoms with Crippen molar-refractivity contribution >= 4 is 16.0 Å². The first-order chi connectivity index (χ1) is 9.94. The van der Waals surface area contributed by atoms with Gasteiger partial charge in [-0.2, -0.15) is 0 Å². The summed E-state index contributed by atoms with van der Waals surface area (Å²) in [5, 5.41) is -0.685. The molecule has 0 amide bonds. The van der Waals surface area contributed by atoms with Gasteiger partial charge in [0.2, 0.25) is 10.0 Å². The zero-order valence-corrected chi connectivity index (χ0v) is 13.2. The van der Waals surface area contributed by atoms with E-state index in [0.29, 0.717) is 12.8 Å². The van der Waals surface area contributed by atoms with Crippen LogP contribution in [-0.4, -0.2) is 26.7 Å². The van der Waals surface area contributed by atoms with Crippen LogP contribution >= 0.6 is 0 Å². The van der Waals surface area contributed by atoms with Gasteiger partial charge < -0.3 is 4.74 Å². The lowest BCUT2D eigenvalue weighted by atomic mass is 10.1. The Morgan fingerprint density at radius 2 is 2.14 bits per heavy atom.